The van der Waals surface area contributed by atoms with Gasteiger partial charge in [-0.15, -0.1) is 0 Å². The molecule has 3 aromatic carbocycles. The number of phenolic OH excluding ortho intramolecular Hbond substituents is 1. The minimum atomic E-state index is -4.16. The first kappa shape index (κ1) is 22.7. The molecule has 0 saturated carbocycles. The van der Waals surface area contributed by atoms with Crippen molar-refractivity contribution in [1.29, 1.82) is 0 Å². The number of hydrogen-bond donors (Lipinski definition) is 3. The van der Waals surface area contributed by atoms with E-state index in [1.807, 2.05) is 0 Å². The number of benzene rings is 3. The molecule has 32 heavy (non-hydrogen) atoms. The van der Waals surface area contributed by atoms with E-state index in [1.54, 1.807) is 12.1 Å². The molecular formula is C21H18FN3O6S. The van der Waals surface area contributed by atoms with E-state index < -0.39 is 31.3 Å². The highest BCUT2D eigenvalue weighted by molar-refractivity contribution is 7.92. The molecule has 11 heteroatoms. The molecule has 0 heterocycles. The largest absolute Gasteiger partial charge is 0.502 e. The number of phenols is 1. The van der Waals surface area contributed by atoms with Crippen LogP contribution >= 0.6 is 0 Å². The number of rotatable bonds is 8. The number of hydrogen-bond acceptors (Lipinski definition) is 6. The smallest absolute Gasteiger partial charge is 0.312 e. The predicted molar refractivity (Wildman–Crippen MR) is 114 cm³/mol. The van der Waals surface area contributed by atoms with Gasteiger partial charge in [0.25, 0.3) is 15.9 Å². The van der Waals surface area contributed by atoms with Gasteiger partial charge in [0.05, 0.1) is 9.82 Å². The third-order valence-corrected chi connectivity index (χ3v) is 5.84. The Hall–Kier alpha value is -3.99. The van der Waals surface area contributed by atoms with Gasteiger partial charge in [-0.25, -0.2) is 12.8 Å². The molecule has 0 aliphatic rings. The minimum Gasteiger partial charge on any atom is -0.502 e. The number of amides is 1. The van der Waals surface area contributed by atoms with Gasteiger partial charge in [-0.2, -0.15) is 0 Å². The quantitative estimate of drug-likeness (QED) is 0.349. The Morgan fingerprint density at radius 2 is 1.69 bits per heavy atom. The van der Waals surface area contributed by atoms with Crippen LogP contribution in [0.2, 0.25) is 0 Å². The van der Waals surface area contributed by atoms with Gasteiger partial charge in [0.2, 0.25) is 0 Å². The molecule has 0 aromatic heterocycles. The van der Waals surface area contributed by atoms with Gasteiger partial charge in [-0.05, 0) is 60.5 Å². The Morgan fingerprint density at radius 1 is 1.03 bits per heavy atom. The molecule has 1 amide bonds. The first-order valence-corrected chi connectivity index (χ1v) is 10.8. The van der Waals surface area contributed by atoms with Crippen molar-refractivity contribution in [3.8, 4) is 5.75 Å². The SMILES string of the molecule is O=C(NCCc1ccc(F)cc1)c1ccc(NS(=O)(=O)c2ccc(O)c([N+](=O)[O-])c2)cc1. The number of carbonyl (C=O) groups is 1. The molecule has 0 bridgehead atoms. The highest BCUT2D eigenvalue weighted by atomic mass is 32.2. The van der Waals surface area contributed by atoms with E-state index in [0.29, 0.717) is 18.5 Å². The van der Waals surface area contributed by atoms with Crippen LogP contribution in [0.3, 0.4) is 0 Å². The molecule has 9 nitrogen and oxygen atoms in total. The van der Waals surface area contributed by atoms with E-state index in [2.05, 4.69) is 10.0 Å². The van der Waals surface area contributed by atoms with Crippen LogP contribution in [0, 0.1) is 15.9 Å². The number of aromatic hydroxyl groups is 1. The Kier molecular flexibility index (Phi) is 6.69. The van der Waals surface area contributed by atoms with Gasteiger partial charge in [0.15, 0.2) is 5.75 Å². The summed E-state index contributed by atoms with van der Waals surface area (Å²) in [6.45, 7) is 0.332. The maximum Gasteiger partial charge on any atom is 0.312 e. The topological polar surface area (TPSA) is 139 Å². The van der Waals surface area contributed by atoms with Crippen molar-refractivity contribution < 1.29 is 27.6 Å². The molecule has 3 rings (SSSR count). The van der Waals surface area contributed by atoms with Crippen LogP contribution in [-0.2, 0) is 16.4 Å². The molecule has 0 aliphatic heterocycles. The highest BCUT2D eigenvalue weighted by Crippen LogP contribution is 2.29. The van der Waals surface area contributed by atoms with Gasteiger partial charge >= 0.3 is 5.69 Å². The monoisotopic (exact) mass is 459 g/mol. The van der Waals surface area contributed by atoms with Crippen molar-refractivity contribution in [2.75, 3.05) is 11.3 Å². The van der Waals surface area contributed by atoms with Crippen molar-refractivity contribution in [2.45, 2.75) is 11.3 Å². The van der Waals surface area contributed by atoms with Gasteiger partial charge in [-0.1, -0.05) is 12.1 Å². The summed E-state index contributed by atoms with van der Waals surface area (Å²) in [7, 11) is -4.16. The molecule has 0 aliphatic carbocycles. The second-order valence-electron chi connectivity index (χ2n) is 6.72. The zero-order valence-electron chi connectivity index (χ0n) is 16.5. The average molecular weight is 459 g/mol. The first-order valence-electron chi connectivity index (χ1n) is 9.28. The Balaban J connectivity index is 1.62. The highest BCUT2D eigenvalue weighted by Gasteiger charge is 2.21. The number of sulfonamides is 1. The molecular weight excluding hydrogens is 441 g/mol. The van der Waals surface area contributed by atoms with Crippen LogP contribution in [-0.4, -0.2) is 30.9 Å². The Morgan fingerprint density at radius 3 is 2.31 bits per heavy atom. The van der Waals surface area contributed by atoms with E-state index in [0.717, 1.165) is 23.8 Å². The summed E-state index contributed by atoms with van der Waals surface area (Å²) in [5.41, 5.74) is 0.572. The molecule has 0 saturated heterocycles. The lowest BCUT2D eigenvalue weighted by molar-refractivity contribution is -0.386. The average Bonchev–Trinajstić information content (AvgIpc) is 2.75. The third kappa shape index (κ3) is 5.58. The molecule has 3 aromatic rings. The first-order chi connectivity index (χ1) is 15.2. The van der Waals surface area contributed by atoms with E-state index >= 15 is 0 Å². The van der Waals surface area contributed by atoms with Crippen molar-refractivity contribution in [3.63, 3.8) is 0 Å². The number of nitro benzene ring substituents is 1. The number of nitro groups is 1. The van der Waals surface area contributed by atoms with E-state index in [9.17, 15) is 32.8 Å². The predicted octanol–water partition coefficient (Wildman–Crippen LogP) is 3.21. The summed E-state index contributed by atoms with van der Waals surface area (Å²) >= 11 is 0. The summed E-state index contributed by atoms with van der Waals surface area (Å²) < 4.78 is 40.1. The Labute approximate surface area is 182 Å². The number of carbonyl (C=O) groups excluding carboxylic acids is 1. The lowest BCUT2D eigenvalue weighted by Crippen LogP contribution is -2.25. The van der Waals surface area contributed by atoms with Crippen LogP contribution < -0.4 is 10.0 Å². The summed E-state index contributed by atoms with van der Waals surface area (Å²) in [5, 5.41) is 23.1. The maximum absolute atomic E-state index is 12.9. The summed E-state index contributed by atoms with van der Waals surface area (Å²) in [4.78, 5) is 21.9. The summed E-state index contributed by atoms with van der Waals surface area (Å²) in [6.07, 6.45) is 0.517. The maximum atomic E-state index is 12.9. The van der Waals surface area contributed by atoms with Crippen LogP contribution in [0.4, 0.5) is 15.8 Å². The standard InChI is InChI=1S/C21H18FN3O6S/c22-16-5-1-14(2-6-16)11-12-23-21(27)15-3-7-17(8-4-15)24-32(30,31)18-9-10-20(26)19(13-18)25(28)29/h1-10,13,24,26H,11-12H2,(H,23,27). The van der Waals surface area contributed by atoms with E-state index in [1.165, 1.54) is 36.4 Å². The lowest BCUT2D eigenvalue weighted by atomic mass is 10.1. The molecule has 0 unspecified atom stereocenters. The molecule has 0 spiro atoms. The van der Waals surface area contributed by atoms with E-state index in [-0.39, 0.29) is 17.4 Å². The lowest BCUT2D eigenvalue weighted by Gasteiger charge is -2.10. The van der Waals surface area contributed by atoms with Crippen molar-refractivity contribution in [3.05, 3.63) is 93.8 Å². The second kappa shape index (κ2) is 9.43. The molecule has 0 radical (unpaired) electrons. The number of nitrogens with one attached hydrogen (secondary N) is 2. The van der Waals surface area contributed by atoms with Crippen LogP contribution in [0.15, 0.2) is 71.6 Å². The molecule has 0 fully saturated rings. The zero-order valence-corrected chi connectivity index (χ0v) is 17.3. The number of anilines is 1. The Bertz CT molecular complexity index is 1250. The van der Waals surface area contributed by atoms with Crippen molar-refractivity contribution >= 4 is 27.3 Å². The van der Waals surface area contributed by atoms with Crippen LogP contribution in [0.25, 0.3) is 0 Å². The van der Waals surface area contributed by atoms with Crippen LogP contribution in [0.1, 0.15) is 15.9 Å². The van der Waals surface area contributed by atoms with Crippen LogP contribution in [0.5, 0.6) is 5.75 Å². The minimum absolute atomic E-state index is 0.142. The molecule has 0 atom stereocenters. The van der Waals surface area contributed by atoms with Gasteiger partial charge in [0.1, 0.15) is 5.82 Å². The summed E-state index contributed by atoms with van der Waals surface area (Å²) in [5.74, 6) is -1.35. The van der Waals surface area contributed by atoms with E-state index in [4.69, 9.17) is 0 Å². The molecule has 3 N–H and O–H groups in total. The number of nitrogens with zero attached hydrogens (tertiary/aromatic N) is 1. The fourth-order valence-electron chi connectivity index (χ4n) is 2.79. The summed E-state index contributed by atoms with van der Waals surface area (Å²) in [6, 6.07) is 14.2. The fourth-order valence-corrected chi connectivity index (χ4v) is 3.87. The van der Waals surface area contributed by atoms with Crippen molar-refractivity contribution in [1.82, 2.24) is 5.32 Å². The zero-order chi connectivity index (χ0) is 23.3. The van der Waals surface area contributed by atoms with Gasteiger partial charge < -0.3 is 10.4 Å². The van der Waals surface area contributed by atoms with Gasteiger partial charge in [0, 0.05) is 23.9 Å². The fraction of sp³-hybridized carbons (Fsp3) is 0.0952. The second-order valence-corrected chi connectivity index (χ2v) is 8.41. The third-order valence-electron chi connectivity index (χ3n) is 4.47. The number of halogens is 1. The normalized spacial score (nSPS) is 11.0. The van der Waals surface area contributed by atoms with Crippen molar-refractivity contribution in [2.24, 2.45) is 0 Å². The molecule has 166 valence electrons. The van der Waals surface area contributed by atoms with Gasteiger partial charge in [-0.3, -0.25) is 19.6 Å².